The molecular weight excluding hydrogens is 394 g/mol. The van der Waals surface area contributed by atoms with Crippen LogP contribution in [0.25, 0.3) is 33.0 Å². The minimum Gasteiger partial charge on any atom is -0.364 e. The Kier molecular flexibility index (Phi) is 4.69. The van der Waals surface area contributed by atoms with E-state index in [9.17, 15) is 9.59 Å². The van der Waals surface area contributed by atoms with Gasteiger partial charge in [0.05, 0.1) is 22.2 Å². The van der Waals surface area contributed by atoms with E-state index in [4.69, 9.17) is 9.47 Å². The second kappa shape index (κ2) is 7.54. The quantitative estimate of drug-likeness (QED) is 0.490. The first-order valence-electron chi connectivity index (χ1n) is 9.88. The number of benzene rings is 2. The molecular formula is C24H21N3O4. The van der Waals surface area contributed by atoms with Crippen LogP contribution in [0.15, 0.2) is 60.9 Å². The highest BCUT2D eigenvalue weighted by Crippen LogP contribution is 2.38. The van der Waals surface area contributed by atoms with Crippen LogP contribution in [-0.4, -0.2) is 35.2 Å². The summed E-state index contributed by atoms with van der Waals surface area (Å²) >= 11 is 0. The van der Waals surface area contributed by atoms with E-state index in [0.717, 1.165) is 21.8 Å². The molecule has 0 radical (unpaired) electrons. The van der Waals surface area contributed by atoms with Gasteiger partial charge in [0.1, 0.15) is 13.5 Å². The SMILES string of the molecule is COCn1cc(C2=C(c3cn(COC)c4ccccc34)C(=O)NC2=O)c2ccccc21. The monoisotopic (exact) mass is 415 g/mol. The number of para-hydroxylation sites is 2. The topological polar surface area (TPSA) is 74.5 Å². The fourth-order valence-electron chi connectivity index (χ4n) is 4.35. The highest BCUT2D eigenvalue weighted by molar-refractivity contribution is 6.50. The highest BCUT2D eigenvalue weighted by Gasteiger charge is 2.35. The maximum absolute atomic E-state index is 13.0. The van der Waals surface area contributed by atoms with Gasteiger partial charge in [-0.1, -0.05) is 36.4 Å². The lowest BCUT2D eigenvalue weighted by Gasteiger charge is -2.03. The summed E-state index contributed by atoms with van der Waals surface area (Å²) in [5, 5.41) is 4.27. The van der Waals surface area contributed by atoms with Crippen molar-refractivity contribution in [2.45, 2.75) is 13.5 Å². The molecule has 4 aromatic rings. The third kappa shape index (κ3) is 2.98. The van der Waals surface area contributed by atoms with Crippen molar-refractivity contribution in [3.63, 3.8) is 0 Å². The number of aromatic nitrogens is 2. The molecule has 5 rings (SSSR count). The lowest BCUT2D eigenvalue weighted by molar-refractivity contribution is -0.122. The van der Waals surface area contributed by atoms with Gasteiger partial charge in [-0.15, -0.1) is 0 Å². The molecule has 0 unspecified atom stereocenters. The Morgan fingerprint density at radius 1 is 0.710 bits per heavy atom. The Hall–Kier alpha value is -3.68. The molecule has 31 heavy (non-hydrogen) atoms. The van der Waals surface area contributed by atoms with Crippen molar-refractivity contribution in [3.05, 3.63) is 72.1 Å². The summed E-state index contributed by atoms with van der Waals surface area (Å²) in [6.07, 6.45) is 3.74. The number of nitrogens with zero attached hydrogens (tertiary/aromatic N) is 2. The third-order valence-electron chi connectivity index (χ3n) is 5.58. The number of rotatable bonds is 6. The molecule has 0 bridgehead atoms. The summed E-state index contributed by atoms with van der Waals surface area (Å²) < 4.78 is 14.5. The zero-order valence-electron chi connectivity index (χ0n) is 17.2. The number of nitrogens with one attached hydrogen (secondary N) is 1. The number of ether oxygens (including phenoxy) is 2. The van der Waals surface area contributed by atoms with Crippen LogP contribution in [0, 0.1) is 0 Å². The Labute approximate surface area is 178 Å². The largest absolute Gasteiger partial charge is 0.364 e. The summed E-state index contributed by atoms with van der Waals surface area (Å²) in [7, 11) is 3.24. The van der Waals surface area contributed by atoms with Crippen LogP contribution in [0.3, 0.4) is 0 Å². The first-order valence-corrected chi connectivity index (χ1v) is 9.88. The van der Waals surface area contributed by atoms with Crippen LogP contribution in [0.1, 0.15) is 11.1 Å². The van der Waals surface area contributed by atoms with Crippen molar-refractivity contribution in [2.24, 2.45) is 0 Å². The number of amides is 2. The van der Waals surface area contributed by atoms with E-state index in [0.29, 0.717) is 35.7 Å². The molecule has 2 aromatic heterocycles. The van der Waals surface area contributed by atoms with Crippen LogP contribution in [0.4, 0.5) is 0 Å². The van der Waals surface area contributed by atoms with Crippen molar-refractivity contribution in [1.82, 2.24) is 14.5 Å². The average molecular weight is 415 g/mol. The molecule has 0 saturated heterocycles. The molecule has 0 atom stereocenters. The fraction of sp³-hybridized carbons (Fsp3) is 0.167. The van der Waals surface area contributed by atoms with Crippen LogP contribution in [0.2, 0.25) is 0 Å². The average Bonchev–Trinajstić information content (AvgIpc) is 3.40. The van der Waals surface area contributed by atoms with E-state index in [-0.39, 0.29) is 0 Å². The molecule has 0 fully saturated rings. The Bertz CT molecular complexity index is 1270. The molecule has 156 valence electrons. The molecule has 7 heteroatoms. The van der Waals surface area contributed by atoms with Crippen LogP contribution >= 0.6 is 0 Å². The number of carbonyl (C=O) groups is 2. The van der Waals surface area contributed by atoms with E-state index in [1.165, 1.54) is 0 Å². The van der Waals surface area contributed by atoms with Crippen LogP contribution in [0.5, 0.6) is 0 Å². The van der Waals surface area contributed by atoms with E-state index in [1.54, 1.807) is 14.2 Å². The fourth-order valence-corrected chi connectivity index (χ4v) is 4.35. The molecule has 1 aliphatic rings. The van der Waals surface area contributed by atoms with Crippen molar-refractivity contribution in [3.8, 4) is 0 Å². The number of hydrogen-bond acceptors (Lipinski definition) is 4. The molecule has 7 nitrogen and oxygen atoms in total. The molecule has 3 heterocycles. The first kappa shape index (κ1) is 19.3. The summed E-state index contributed by atoms with van der Waals surface area (Å²) in [5.74, 6) is -0.798. The van der Waals surface area contributed by atoms with E-state index in [2.05, 4.69) is 5.32 Å². The van der Waals surface area contributed by atoms with Gasteiger partial charge >= 0.3 is 0 Å². The number of fused-ring (bicyclic) bond motifs is 2. The molecule has 0 spiro atoms. The molecule has 2 amide bonds. The van der Waals surface area contributed by atoms with Gasteiger partial charge in [-0.05, 0) is 12.1 Å². The minimum absolute atomic E-state index is 0.339. The predicted octanol–water partition coefficient (Wildman–Crippen LogP) is 3.37. The van der Waals surface area contributed by atoms with E-state index >= 15 is 0 Å². The normalized spacial score (nSPS) is 14.3. The van der Waals surface area contributed by atoms with Gasteiger partial charge in [-0.2, -0.15) is 0 Å². The van der Waals surface area contributed by atoms with Gasteiger partial charge in [-0.3, -0.25) is 14.9 Å². The summed E-state index contributed by atoms with van der Waals surface area (Å²) in [6.45, 7) is 0.678. The van der Waals surface area contributed by atoms with Gasteiger partial charge < -0.3 is 18.6 Å². The van der Waals surface area contributed by atoms with Gasteiger partial charge in [-0.25, -0.2) is 0 Å². The van der Waals surface area contributed by atoms with E-state index < -0.39 is 11.8 Å². The summed E-state index contributed by atoms with van der Waals surface area (Å²) in [6, 6.07) is 15.5. The lowest BCUT2D eigenvalue weighted by atomic mass is 9.95. The Morgan fingerprint density at radius 3 is 1.55 bits per heavy atom. The zero-order chi connectivity index (χ0) is 21.5. The molecule has 1 N–H and O–H groups in total. The zero-order valence-corrected chi connectivity index (χ0v) is 17.2. The van der Waals surface area contributed by atoms with Gasteiger partial charge in [0.15, 0.2) is 0 Å². The molecule has 0 aliphatic carbocycles. The van der Waals surface area contributed by atoms with Crippen molar-refractivity contribution >= 4 is 44.8 Å². The van der Waals surface area contributed by atoms with Crippen molar-refractivity contribution < 1.29 is 19.1 Å². The maximum atomic E-state index is 13.0. The number of imide groups is 1. The van der Waals surface area contributed by atoms with Crippen molar-refractivity contribution in [1.29, 1.82) is 0 Å². The molecule has 2 aromatic carbocycles. The predicted molar refractivity (Wildman–Crippen MR) is 118 cm³/mol. The maximum Gasteiger partial charge on any atom is 0.259 e. The standard InChI is InChI=1S/C24H21N3O4/c1-30-13-26-11-17(15-7-3-5-9-19(15)26)21-22(24(29)25-23(21)28)18-12-27(14-31-2)20-10-6-4-8-16(18)20/h3-12H,13-14H2,1-2H3,(H,25,28,29). The summed E-state index contributed by atoms with van der Waals surface area (Å²) in [4.78, 5) is 26.0. The lowest BCUT2D eigenvalue weighted by Crippen LogP contribution is -2.22. The molecule has 0 saturated carbocycles. The Balaban J connectivity index is 1.82. The van der Waals surface area contributed by atoms with Gasteiger partial charge in [0, 0.05) is 48.5 Å². The van der Waals surface area contributed by atoms with Crippen LogP contribution in [-0.2, 0) is 32.5 Å². The highest BCUT2D eigenvalue weighted by atomic mass is 16.5. The second-order valence-corrected chi connectivity index (χ2v) is 7.43. The smallest absolute Gasteiger partial charge is 0.259 e. The van der Waals surface area contributed by atoms with E-state index in [1.807, 2.05) is 70.1 Å². The number of hydrogen-bond donors (Lipinski definition) is 1. The second-order valence-electron chi connectivity index (χ2n) is 7.43. The number of methoxy groups -OCH3 is 2. The summed E-state index contributed by atoms with van der Waals surface area (Å²) in [5.41, 5.74) is 4.01. The third-order valence-corrected chi connectivity index (χ3v) is 5.58. The van der Waals surface area contributed by atoms with Gasteiger partial charge in [0.2, 0.25) is 0 Å². The Morgan fingerprint density at radius 2 is 1.13 bits per heavy atom. The molecule has 1 aliphatic heterocycles. The van der Waals surface area contributed by atoms with Crippen molar-refractivity contribution in [2.75, 3.05) is 14.2 Å². The first-order chi connectivity index (χ1) is 15.1. The number of carbonyl (C=O) groups excluding carboxylic acids is 2. The van der Waals surface area contributed by atoms with Gasteiger partial charge in [0.25, 0.3) is 11.8 Å². The minimum atomic E-state index is -0.399. The van der Waals surface area contributed by atoms with Crippen LogP contribution < -0.4 is 5.32 Å².